The Bertz CT molecular complexity index is 1500. The molecular formula is C28H21N5O. The molecule has 34 heavy (non-hydrogen) atoms. The summed E-state index contributed by atoms with van der Waals surface area (Å²) < 4.78 is 0. The van der Waals surface area contributed by atoms with Crippen LogP contribution in [-0.4, -0.2) is 37.3 Å². The lowest BCUT2D eigenvalue weighted by Crippen LogP contribution is -2.26. The molecule has 0 fully saturated rings. The molecule has 6 heteroatoms. The summed E-state index contributed by atoms with van der Waals surface area (Å²) in [5, 5.41) is 1.10. The normalized spacial score (nSPS) is 12.8. The van der Waals surface area contributed by atoms with Gasteiger partial charge < -0.3 is 4.90 Å². The number of fused-ring (bicyclic) bond motifs is 2. The standard InChI is InChI=1S/C28H21N5O/c34-28-27-22(19-5-11-29-12-6-19)9-15-31-26(27)18-33(28)16-10-21-17-24(20-7-13-30-14-8-20)23-3-1-2-4-25(23)32-21/h1-9,11-15,17H,10,16,18H2. The van der Waals surface area contributed by atoms with E-state index in [9.17, 15) is 4.79 Å². The number of rotatable bonds is 5. The number of carbonyl (C=O) groups excluding carboxylic acids is 1. The fourth-order valence-corrected chi connectivity index (χ4v) is 4.61. The number of aromatic nitrogens is 4. The van der Waals surface area contributed by atoms with Crippen molar-refractivity contribution in [2.75, 3.05) is 6.54 Å². The molecule has 5 aromatic rings. The van der Waals surface area contributed by atoms with Crippen molar-refractivity contribution in [1.29, 1.82) is 0 Å². The molecule has 0 saturated carbocycles. The zero-order valence-electron chi connectivity index (χ0n) is 18.4. The first-order valence-electron chi connectivity index (χ1n) is 11.2. The maximum Gasteiger partial charge on any atom is 0.256 e. The van der Waals surface area contributed by atoms with Crippen LogP contribution in [0, 0.1) is 0 Å². The molecule has 1 aliphatic heterocycles. The van der Waals surface area contributed by atoms with Gasteiger partial charge in [-0.15, -0.1) is 0 Å². The molecule has 0 spiro atoms. The van der Waals surface area contributed by atoms with Gasteiger partial charge >= 0.3 is 0 Å². The molecule has 0 aliphatic carbocycles. The van der Waals surface area contributed by atoms with E-state index < -0.39 is 0 Å². The summed E-state index contributed by atoms with van der Waals surface area (Å²) in [6.07, 6.45) is 9.52. The monoisotopic (exact) mass is 443 g/mol. The van der Waals surface area contributed by atoms with Gasteiger partial charge in [-0.3, -0.25) is 24.7 Å². The number of carbonyl (C=O) groups is 1. The van der Waals surface area contributed by atoms with Gasteiger partial charge in [0, 0.05) is 55.0 Å². The highest BCUT2D eigenvalue weighted by Gasteiger charge is 2.31. The Morgan fingerprint density at radius 3 is 2.26 bits per heavy atom. The highest BCUT2D eigenvalue weighted by molar-refractivity contribution is 6.04. The second-order valence-electron chi connectivity index (χ2n) is 8.31. The summed E-state index contributed by atoms with van der Waals surface area (Å²) >= 11 is 0. The third-order valence-corrected chi connectivity index (χ3v) is 6.26. The van der Waals surface area contributed by atoms with Crippen LogP contribution in [0.5, 0.6) is 0 Å². The first-order valence-corrected chi connectivity index (χ1v) is 11.2. The largest absolute Gasteiger partial charge is 0.332 e. The lowest BCUT2D eigenvalue weighted by atomic mass is 10.0. The van der Waals surface area contributed by atoms with E-state index in [1.54, 1.807) is 31.0 Å². The molecule has 0 N–H and O–H groups in total. The van der Waals surface area contributed by atoms with E-state index in [2.05, 4.69) is 27.1 Å². The molecule has 4 aromatic heterocycles. The summed E-state index contributed by atoms with van der Waals surface area (Å²) in [7, 11) is 0. The van der Waals surface area contributed by atoms with Crippen molar-refractivity contribution in [2.45, 2.75) is 13.0 Å². The zero-order chi connectivity index (χ0) is 22.9. The van der Waals surface area contributed by atoms with Gasteiger partial charge in [-0.2, -0.15) is 0 Å². The van der Waals surface area contributed by atoms with Crippen molar-refractivity contribution in [3.05, 3.63) is 109 Å². The van der Waals surface area contributed by atoms with E-state index in [0.717, 1.165) is 44.5 Å². The van der Waals surface area contributed by atoms with Crippen molar-refractivity contribution in [2.24, 2.45) is 0 Å². The van der Waals surface area contributed by atoms with Crippen LogP contribution in [-0.2, 0) is 13.0 Å². The highest BCUT2D eigenvalue weighted by atomic mass is 16.2. The van der Waals surface area contributed by atoms with E-state index in [-0.39, 0.29) is 5.91 Å². The van der Waals surface area contributed by atoms with Crippen molar-refractivity contribution in [1.82, 2.24) is 24.8 Å². The molecule has 5 heterocycles. The smallest absolute Gasteiger partial charge is 0.256 e. The maximum atomic E-state index is 13.4. The van der Waals surface area contributed by atoms with Crippen LogP contribution in [0.3, 0.4) is 0 Å². The Kier molecular flexibility index (Phi) is 5.03. The van der Waals surface area contributed by atoms with Gasteiger partial charge in [0.2, 0.25) is 0 Å². The average Bonchev–Trinajstić information content (AvgIpc) is 3.23. The van der Waals surface area contributed by atoms with E-state index in [4.69, 9.17) is 4.98 Å². The average molecular weight is 444 g/mol. The minimum atomic E-state index is 0.0186. The van der Waals surface area contributed by atoms with Crippen LogP contribution in [0.2, 0.25) is 0 Å². The van der Waals surface area contributed by atoms with Crippen LogP contribution in [0.25, 0.3) is 33.2 Å². The lowest BCUT2D eigenvalue weighted by molar-refractivity contribution is 0.0780. The van der Waals surface area contributed by atoms with Gasteiger partial charge in [-0.1, -0.05) is 18.2 Å². The molecule has 0 unspecified atom stereocenters. The number of amides is 1. The molecular weight excluding hydrogens is 422 g/mol. The second-order valence-corrected chi connectivity index (χ2v) is 8.31. The predicted octanol–water partition coefficient (Wildman–Crippen LogP) is 4.95. The number of nitrogens with zero attached hydrogens (tertiary/aromatic N) is 5. The number of pyridine rings is 4. The maximum absolute atomic E-state index is 13.4. The second kappa shape index (κ2) is 8.48. The first kappa shape index (κ1) is 20.2. The summed E-state index contributed by atoms with van der Waals surface area (Å²) in [6.45, 7) is 1.09. The topological polar surface area (TPSA) is 71.9 Å². The summed E-state index contributed by atoms with van der Waals surface area (Å²) in [4.78, 5) is 32.8. The minimum absolute atomic E-state index is 0.0186. The lowest BCUT2D eigenvalue weighted by Gasteiger charge is -2.16. The molecule has 1 aliphatic rings. The highest BCUT2D eigenvalue weighted by Crippen LogP contribution is 2.32. The summed E-state index contributed by atoms with van der Waals surface area (Å²) in [6, 6.07) is 20.1. The molecule has 0 atom stereocenters. The van der Waals surface area contributed by atoms with E-state index in [0.29, 0.717) is 25.1 Å². The Hall–Kier alpha value is -4.45. The van der Waals surface area contributed by atoms with Crippen molar-refractivity contribution < 1.29 is 4.79 Å². The molecule has 0 radical (unpaired) electrons. The van der Waals surface area contributed by atoms with Crippen LogP contribution in [0.1, 0.15) is 21.7 Å². The predicted molar refractivity (Wildman–Crippen MR) is 131 cm³/mol. The molecule has 0 saturated heterocycles. The third-order valence-electron chi connectivity index (χ3n) is 6.26. The van der Waals surface area contributed by atoms with Crippen molar-refractivity contribution >= 4 is 16.8 Å². The molecule has 6 rings (SSSR count). The molecule has 6 nitrogen and oxygen atoms in total. The Morgan fingerprint density at radius 2 is 1.50 bits per heavy atom. The van der Waals surface area contributed by atoms with Gasteiger partial charge in [-0.05, 0) is 64.7 Å². The number of hydrogen-bond acceptors (Lipinski definition) is 5. The Balaban J connectivity index is 1.29. The van der Waals surface area contributed by atoms with Gasteiger partial charge in [0.15, 0.2) is 0 Å². The summed E-state index contributed by atoms with van der Waals surface area (Å²) in [5.74, 6) is 0.0186. The molecule has 0 bridgehead atoms. The van der Waals surface area contributed by atoms with Crippen LogP contribution >= 0.6 is 0 Å². The fraction of sp³-hybridized carbons (Fsp3) is 0.107. The van der Waals surface area contributed by atoms with Crippen LogP contribution < -0.4 is 0 Å². The molecule has 1 aromatic carbocycles. The number of para-hydroxylation sites is 1. The van der Waals surface area contributed by atoms with Gasteiger partial charge in [0.1, 0.15) is 0 Å². The number of benzene rings is 1. The van der Waals surface area contributed by atoms with Gasteiger partial charge in [0.05, 0.1) is 23.3 Å². The van der Waals surface area contributed by atoms with E-state index in [1.165, 1.54) is 0 Å². The first-order chi connectivity index (χ1) is 16.8. The SMILES string of the molecule is O=C1c2c(-c3ccncc3)ccnc2CN1CCc1cc(-c2ccncc2)c2ccccc2n1. The van der Waals surface area contributed by atoms with Crippen molar-refractivity contribution in [3.63, 3.8) is 0 Å². The molecule has 1 amide bonds. The molecule has 164 valence electrons. The Labute approximate surface area is 197 Å². The van der Waals surface area contributed by atoms with Crippen molar-refractivity contribution in [3.8, 4) is 22.3 Å². The third kappa shape index (κ3) is 3.59. The minimum Gasteiger partial charge on any atom is -0.332 e. The van der Waals surface area contributed by atoms with E-state index >= 15 is 0 Å². The van der Waals surface area contributed by atoms with Crippen LogP contribution in [0.4, 0.5) is 0 Å². The zero-order valence-corrected chi connectivity index (χ0v) is 18.4. The van der Waals surface area contributed by atoms with Gasteiger partial charge in [0.25, 0.3) is 5.91 Å². The van der Waals surface area contributed by atoms with Gasteiger partial charge in [-0.25, -0.2) is 0 Å². The van der Waals surface area contributed by atoms with E-state index in [1.807, 2.05) is 53.4 Å². The fourth-order valence-electron chi connectivity index (χ4n) is 4.61. The quantitative estimate of drug-likeness (QED) is 0.384. The van der Waals surface area contributed by atoms with Crippen LogP contribution in [0.15, 0.2) is 91.6 Å². The number of hydrogen-bond donors (Lipinski definition) is 0. The Morgan fingerprint density at radius 1 is 0.794 bits per heavy atom. The summed E-state index contributed by atoms with van der Waals surface area (Å²) in [5.41, 5.74) is 7.53.